The lowest BCUT2D eigenvalue weighted by Crippen LogP contribution is -2.40. The number of aryl methyl sites for hydroxylation is 1. The summed E-state index contributed by atoms with van der Waals surface area (Å²) in [4.78, 5) is 12.4. The van der Waals surface area contributed by atoms with E-state index in [-0.39, 0.29) is 5.92 Å². The van der Waals surface area contributed by atoms with Crippen LogP contribution >= 0.6 is 0 Å². The molecule has 0 N–H and O–H groups in total. The second kappa shape index (κ2) is 5.35. The molecule has 3 rings (SSSR count). The Morgan fingerprint density at radius 2 is 1.79 bits per heavy atom. The summed E-state index contributed by atoms with van der Waals surface area (Å²) in [6.45, 7) is 0.494. The van der Waals surface area contributed by atoms with Crippen LogP contribution < -0.4 is 4.57 Å². The Labute approximate surface area is 113 Å². The summed E-state index contributed by atoms with van der Waals surface area (Å²) in [5.74, 6) is 0.535. The Morgan fingerprint density at radius 3 is 2.58 bits per heavy atom. The molecule has 1 aliphatic rings. The third kappa shape index (κ3) is 2.73. The number of ketones is 1. The highest BCUT2D eigenvalue weighted by Crippen LogP contribution is 2.25. The summed E-state index contributed by atoms with van der Waals surface area (Å²) in [6.07, 6.45) is 6.83. The molecule has 1 atom stereocenters. The third-order valence-electron chi connectivity index (χ3n) is 3.92. The zero-order valence-electron chi connectivity index (χ0n) is 11.0. The number of aromatic nitrogens is 1. The molecule has 0 spiro atoms. The summed E-state index contributed by atoms with van der Waals surface area (Å²) in [5, 5.41) is 0. The van der Waals surface area contributed by atoms with Gasteiger partial charge in [0, 0.05) is 18.1 Å². The minimum absolute atomic E-state index is 0.183. The predicted molar refractivity (Wildman–Crippen MR) is 73.6 cm³/mol. The van der Waals surface area contributed by atoms with E-state index >= 15 is 0 Å². The average molecular weight is 252 g/mol. The Morgan fingerprint density at radius 1 is 1.05 bits per heavy atom. The molecule has 0 amide bonds. The molecule has 1 aromatic heterocycles. The summed E-state index contributed by atoms with van der Waals surface area (Å²) in [5.41, 5.74) is 2.77. The third-order valence-corrected chi connectivity index (χ3v) is 3.92. The normalized spacial score (nSPS) is 17.8. The summed E-state index contributed by atoms with van der Waals surface area (Å²) in [7, 11) is 0. The van der Waals surface area contributed by atoms with Crippen LogP contribution in [0.4, 0.5) is 0 Å². The standard InChI is InChI=1S/C17H18NO/c19-17(13-18-10-4-1-5-11-18)16-9-8-14-6-2-3-7-15(14)12-16/h1-7,10-11,16H,8-9,12-13H2/q+1/t16-/m0/s1. The average Bonchev–Trinajstić information content (AvgIpc) is 2.48. The van der Waals surface area contributed by atoms with Crippen molar-refractivity contribution in [1.82, 2.24) is 0 Å². The van der Waals surface area contributed by atoms with Crippen LogP contribution in [-0.4, -0.2) is 5.78 Å². The van der Waals surface area contributed by atoms with E-state index in [1.165, 1.54) is 11.1 Å². The predicted octanol–water partition coefficient (Wildman–Crippen LogP) is 2.35. The maximum absolute atomic E-state index is 12.4. The van der Waals surface area contributed by atoms with Crippen LogP contribution in [0.15, 0.2) is 54.9 Å². The van der Waals surface area contributed by atoms with Gasteiger partial charge in [0.1, 0.15) is 0 Å². The van der Waals surface area contributed by atoms with Crippen LogP contribution in [0.5, 0.6) is 0 Å². The number of carbonyl (C=O) groups excluding carboxylic acids is 1. The van der Waals surface area contributed by atoms with E-state index in [9.17, 15) is 4.79 Å². The molecule has 1 aliphatic carbocycles. The molecule has 0 unspecified atom stereocenters. The number of rotatable bonds is 3. The van der Waals surface area contributed by atoms with E-state index in [1.807, 2.05) is 35.2 Å². The number of pyridine rings is 1. The molecule has 0 radical (unpaired) electrons. The molecule has 1 aromatic carbocycles. The summed E-state index contributed by atoms with van der Waals surface area (Å²) < 4.78 is 1.96. The fraction of sp³-hybridized carbons (Fsp3) is 0.294. The Bertz CT molecular complexity index is 577. The van der Waals surface area contributed by atoms with E-state index in [0.29, 0.717) is 12.3 Å². The van der Waals surface area contributed by atoms with Crippen molar-refractivity contribution in [3.63, 3.8) is 0 Å². The number of benzene rings is 1. The first kappa shape index (κ1) is 12.1. The number of Topliss-reactive ketones (excluding diaryl/α,β-unsaturated/α-hetero) is 1. The van der Waals surface area contributed by atoms with Crippen molar-refractivity contribution in [2.45, 2.75) is 25.8 Å². The van der Waals surface area contributed by atoms with Crippen LogP contribution in [0.3, 0.4) is 0 Å². The molecule has 2 heteroatoms. The molecular formula is C17H18NO+. The topological polar surface area (TPSA) is 20.9 Å². The van der Waals surface area contributed by atoms with Crippen LogP contribution in [0, 0.1) is 5.92 Å². The molecular weight excluding hydrogens is 234 g/mol. The largest absolute Gasteiger partial charge is 0.292 e. The molecule has 1 heterocycles. The van der Waals surface area contributed by atoms with Crippen LogP contribution in [0.1, 0.15) is 17.5 Å². The van der Waals surface area contributed by atoms with Gasteiger partial charge in [-0.15, -0.1) is 0 Å². The zero-order valence-corrected chi connectivity index (χ0v) is 11.0. The van der Waals surface area contributed by atoms with Crippen molar-refractivity contribution in [3.05, 3.63) is 66.0 Å². The van der Waals surface area contributed by atoms with E-state index < -0.39 is 0 Å². The smallest absolute Gasteiger partial charge is 0.206 e. The van der Waals surface area contributed by atoms with Crippen LogP contribution in [0.25, 0.3) is 0 Å². The van der Waals surface area contributed by atoms with E-state index in [2.05, 4.69) is 24.3 Å². The van der Waals surface area contributed by atoms with Crippen molar-refractivity contribution < 1.29 is 9.36 Å². The van der Waals surface area contributed by atoms with Crippen molar-refractivity contribution in [2.75, 3.05) is 0 Å². The van der Waals surface area contributed by atoms with Gasteiger partial charge in [-0.2, -0.15) is 4.57 Å². The highest BCUT2D eigenvalue weighted by Gasteiger charge is 2.26. The Kier molecular flexibility index (Phi) is 3.41. The lowest BCUT2D eigenvalue weighted by molar-refractivity contribution is -0.684. The maximum atomic E-state index is 12.4. The monoisotopic (exact) mass is 252 g/mol. The Balaban J connectivity index is 1.70. The fourth-order valence-corrected chi connectivity index (χ4v) is 2.82. The van der Waals surface area contributed by atoms with Crippen LogP contribution in [-0.2, 0) is 24.2 Å². The van der Waals surface area contributed by atoms with Gasteiger partial charge in [0.05, 0.1) is 0 Å². The second-order valence-corrected chi connectivity index (χ2v) is 5.22. The van der Waals surface area contributed by atoms with Crippen molar-refractivity contribution in [1.29, 1.82) is 0 Å². The van der Waals surface area contributed by atoms with Gasteiger partial charge in [0.25, 0.3) is 0 Å². The SMILES string of the molecule is O=C(C[n+]1ccccc1)[C@H]1CCc2ccccc2C1. The number of nitrogens with zero attached hydrogens (tertiary/aromatic N) is 1. The zero-order chi connectivity index (χ0) is 13.1. The quantitative estimate of drug-likeness (QED) is 0.768. The lowest BCUT2D eigenvalue weighted by atomic mass is 9.82. The van der Waals surface area contributed by atoms with Crippen molar-refractivity contribution in [2.24, 2.45) is 5.92 Å². The number of fused-ring (bicyclic) bond motifs is 1. The van der Waals surface area contributed by atoms with E-state index in [4.69, 9.17) is 0 Å². The van der Waals surface area contributed by atoms with E-state index in [0.717, 1.165) is 19.3 Å². The highest BCUT2D eigenvalue weighted by atomic mass is 16.1. The number of hydrogen-bond acceptors (Lipinski definition) is 1. The van der Waals surface area contributed by atoms with Crippen molar-refractivity contribution in [3.8, 4) is 0 Å². The molecule has 0 saturated heterocycles. The van der Waals surface area contributed by atoms with Gasteiger partial charge < -0.3 is 0 Å². The van der Waals surface area contributed by atoms with Gasteiger partial charge in [-0.3, -0.25) is 4.79 Å². The van der Waals surface area contributed by atoms with Gasteiger partial charge in [-0.25, -0.2) is 0 Å². The first-order valence-corrected chi connectivity index (χ1v) is 6.86. The molecule has 2 nitrogen and oxygen atoms in total. The van der Waals surface area contributed by atoms with Crippen LogP contribution in [0.2, 0.25) is 0 Å². The van der Waals surface area contributed by atoms with Gasteiger partial charge in [-0.05, 0) is 30.4 Å². The summed E-state index contributed by atoms with van der Waals surface area (Å²) in [6, 6.07) is 14.4. The minimum atomic E-state index is 0.183. The first-order chi connectivity index (χ1) is 9.33. The fourth-order valence-electron chi connectivity index (χ4n) is 2.82. The maximum Gasteiger partial charge on any atom is 0.206 e. The first-order valence-electron chi connectivity index (χ1n) is 6.86. The molecule has 96 valence electrons. The highest BCUT2D eigenvalue weighted by molar-refractivity contribution is 5.80. The molecule has 0 bridgehead atoms. The van der Waals surface area contributed by atoms with Gasteiger partial charge in [0.15, 0.2) is 12.4 Å². The molecule has 2 aromatic rings. The van der Waals surface area contributed by atoms with Gasteiger partial charge in [-0.1, -0.05) is 30.3 Å². The molecule has 0 aliphatic heterocycles. The second-order valence-electron chi connectivity index (χ2n) is 5.22. The number of carbonyl (C=O) groups is 1. The molecule has 0 saturated carbocycles. The van der Waals surface area contributed by atoms with E-state index in [1.54, 1.807) is 0 Å². The van der Waals surface area contributed by atoms with Gasteiger partial charge >= 0.3 is 0 Å². The van der Waals surface area contributed by atoms with Crippen molar-refractivity contribution >= 4 is 5.78 Å². The Hall–Kier alpha value is -1.96. The van der Waals surface area contributed by atoms with Gasteiger partial charge in [0.2, 0.25) is 12.3 Å². The lowest BCUT2D eigenvalue weighted by Gasteiger charge is -2.22. The summed E-state index contributed by atoms with van der Waals surface area (Å²) >= 11 is 0. The number of hydrogen-bond donors (Lipinski definition) is 0. The molecule has 19 heavy (non-hydrogen) atoms. The molecule has 0 fully saturated rings. The minimum Gasteiger partial charge on any atom is -0.292 e.